The Kier molecular flexibility index (Phi) is 73.3. The van der Waals surface area contributed by atoms with Gasteiger partial charge in [-0.2, -0.15) is 0 Å². The molecule has 2 atom stereocenters. The van der Waals surface area contributed by atoms with Crippen LogP contribution in [0.1, 0.15) is 289 Å². The number of rotatable bonds is 43. The molecule has 0 spiro atoms. The molecule has 1 rings (SSSR count). The highest BCUT2D eigenvalue weighted by Gasteiger charge is 2.22. The van der Waals surface area contributed by atoms with Crippen molar-refractivity contribution < 1.29 is 57.8 Å². The molecule has 13 heteroatoms. The van der Waals surface area contributed by atoms with Gasteiger partial charge in [-0.3, -0.25) is 33.7 Å². The number of unbranched alkanes of at least 4 members (excludes halogenated alkanes) is 20. The summed E-state index contributed by atoms with van der Waals surface area (Å²) in [6, 6.07) is 0.551. The maximum atomic E-state index is 12.2. The first-order valence-corrected chi connectivity index (χ1v) is 30.7. The van der Waals surface area contributed by atoms with Crippen LogP contribution in [-0.4, -0.2) is 106 Å². The second-order valence-electron chi connectivity index (χ2n) is 19.1. The van der Waals surface area contributed by atoms with Crippen LogP contribution in [0.25, 0.3) is 0 Å². The molecule has 0 aromatic heterocycles. The maximum Gasteiger partial charge on any atom is 0.320 e. The largest absolute Gasteiger partial charge is 0.466 e. The Morgan fingerprint density at radius 1 is 0.432 bits per heavy atom. The second kappa shape index (κ2) is 68.0. The number of Topliss-reactive ketones (excluding diaryl/α,β-unsaturated/α-hetero) is 1. The fraction of sp³-hybridized carbons (Fsp3) is 0.902. The SMILES string of the molecule is CC.CC.CCC(=O)OCC1CC[NH2+]1.CCCCCCCCOC(=O)CC.CCCCCCCCOC(=O)CC(C)CC.CCCCCCCCOC(=O)CN(CC(=O)CCC)CC(=O)OCCCCCCCC. The van der Waals surface area contributed by atoms with Crippen LogP contribution in [0.2, 0.25) is 0 Å². The first kappa shape index (κ1) is 79.8. The summed E-state index contributed by atoms with van der Waals surface area (Å²) in [5.41, 5.74) is 0. The molecule has 74 heavy (non-hydrogen) atoms. The molecule has 1 aliphatic heterocycles. The Hall–Kier alpha value is -3.06. The van der Waals surface area contributed by atoms with Gasteiger partial charge in [-0.25, -0.2) is 0 Å². The molecule has 0 aromatic rings. The summed E-state index contributed by atoms with van der Waals surface area (Å²) in [6.07, 6.45) is 33.3. The van der Waals surface area contributed by atoms with Crippen LogP contribution in [0.4, 0.5) is 0 Å². The number of carbonyl (C=O) groups is 6. The van der Waals surface area contributed by atoms with E-state index in [-0.39, 0.29) is 55.3 Å². The molecule has 1 saturated heterocycles. The number of carbonyl (C=O) groups excluding carboxylic acids is 6. The van der Waals surface area contributed by atoms with E-state index in [9.17, 15) is 28.8 Å². The number of quaternary nitrogens is 1. The monoisotopic (exact) mass is 1060 g/mol. The third kappa shape index (κ3) is 67.0. The molecule has 2 unspecified atom stereocenters. The van der Waals surface area contributed by atoms with E-state index in [1.807, 2.05) is 48.5 Å². The summed E-state index contributed by atoms with van der Waals surface area (Å²) in [7, 11) is 0. The Morgan fingerprint density at radius 3 is 1.07 bits per heavy atom. The van der Waals surface area contributed by atoms with Gasteiger partial charge in [0.1, 0.15) is 18.4 Å². The topological polar surface area (TPSA) is 168 Å². The molecule has 0 bridgehead atoms. The van der Waals surface area contributed by atoms with Crippen LogP contribution in [0.3, 0.4) is 0 Å². The average Bonchev–Trinajstić information content (AvgIpc) is 3.38. The number of hydrogen-bond donors (Lipinski definition) is 1. The molecule has 13 nitrogen and oxygen atoms in total. The first-order valence-electron chi connectivity index (χ1n) is 30.7. The van der Waals surface area contributed by atoms with E-state index in [1.165, 1.54) is 116 Å². The van der Waals surface area contributed by atoms with Crippen LogP contribution < -0.4 is 5.32 Å². The minimum Gasteiger partial charge on any atom is -0.466 e. The Balaban J connectivity index is -0.000000308. The number of esters is 5. The Bertz CT molecular complexity index is 1180. The molecule has 0 radical (unpaired) electrons. The van der Waals surface area contributed by atoms with Crippen LogP contribution in [0.5, 0.6) is 0 Å². The number of ether oxygens (including phenoxy) is 5. The standard InChI is InChI=1S/C25H47NO5.C14H28O2.C11H22O2.C7H13NO2.2C2H6/c1-4-7-9-11-13-15-18-30-24(28)21-26(20-23(27)17-6-3)22-25(29)31-19-16-14-12-10-8-5-2;1-4-6-7-8-9-10-11-16-14(15)12-13(3)5-2;1-3-5-6-7-8-9-10-13-11(12)4-2;1-2-7(9)10-5-6-3-4-8-6;2*1-2/h4-22H2,1-3H3;13H,4-12H2,1-3H3;3-10H2,1-2H3;6,8H,2-5H2,1H3;2*1-2H3/p+1. The summed E-state index contributed by atoms with van der Waals surface area (Å²) in [5, 5.41) is 2.20. The normalized spacial score (nSPS) is 12.4. The van der Waals surface area contributed by atoms with Crippen molar-refractivity contribution in [2.45, 2.75) is 295 Å². The molecule has 1 heterocycles. The molecule has 1 aliphatic rings. The Labute approximate surface area is 457 Å². The lowest BCUT2D eigenvalue weighted by Gasteiger charge is -2.22. The van der Waals surface area contributed by atoms with Crippen molar-refractivity contribution in [1.29, 1.82) is 0 Å². The average molecular weight is 1060 g/mol. The first-order chi connectivity index (χ1) is 35.9. The minimum absolute atomic E-state index is 0.0231. The van der Waals surface area contributed by atoms with Gasteiger partial charge in [-0.15, -0.1) is 0 Å². The number of ketones is 1. The van der Waals surface area contributed by atoms with Crippen molar-refractivity contribution >= 4 is 35.6 Å². The molecular formula is C61H123N2O11+. The lowest BCUT2D eigenvalue weighted by Crippen LogP contribution is -2.99. The fourth-order valence-electron chi connectivity index (χ4n) is 6.95. The fourth-order valence-corrected chi connectivity index (χ4v) is 6.95. The zero-order valence-corrected chi connectivity index (χ0v) is 51.0. The van der Waals surface area contributed by atoms with Crippen molar-refractivity contribution in [3.05, 3.63) is 0 Å². The van der Waals surface area contributed by atoms with Crippen LogP contribution in [-0.2, 0) is 52.5 Å². The van der Waals surface area contributed by atoms with Gasteiger partial charge >= 0.3 is 29.8 Å². The van der Waals surface area contributed by atoms with Crippen molar-refractivity contribution in [2.24, 2.45) is 5.92 Å². The van der Waals surface area contributed by atoms with Crippen molar-refractivity contribution in [2.75, 3.05) is 59.2 Å². The Morgan fingerprint density at radius 2 is 0.757 bits per heavy atom. The third-order valence-corrected chi connectivity index (χ3v) is 12.0. The highest BCUT2D eigenvalue weighted by atomic mass is 16.5. The molecule has 0 amide bonds. The van der Waals surface area contributed by atoms with E-state index >= 15 is 0 Å². The van der Waals surface area contributed by atoms with E-state index in [4.69, 9.17) is 23.7 Å². The van der Waals surface area contributed by atoms with E-state index in [1.54, 1.807) is 4.90 Å². The summed E-state index contributed by atoms with van der Waals surface area (Å²) in [6.45, 7) is 30.3. The van der Waals surface area contributed by atoms with Gasteiger partial charge in [0.2, 0.25) is 0 Å². The quantitative estimate of drug-likeness (QED) is 0.0349. The smallest absolute Gasteiger partial charge is 0.320 e. The maximum absolute atomic E-state index is 12.2. The van der Waals surface area contributed by atoms with E-state index in [0.29, 0.717) is 70.7 Å². The number of nitrogens with zero attached hydrogens (tertiary/aromatic N) is 1. The third-order valence-electron chi connectivity index (χ3n) is 12.0. The summed E-state index contributed by atoms with van der Waals surface area (Å²) in [5.74, 6) is -0.480. The highest BCUT2D eigenvalue weighted by Crippen LogP contribution is 2.10. The zero-order chi connectivity index (χ0) is 56.7. The molecule has 0 aromatic carbocycles. The van der Waals surface area contributed by atoms with Crippen molar-refractivity contribution in [1.82, 2.24) is 4.90 Å². The molecule has 0 aliphatic carbocycles. The van der Waals surface area contributed by atoms with Gasteiger partial charge in [0.25, 0.3) is 0 Å². The molecular weight excluding hydrogens is 937 g/mol. The van der Waals surface area contributed by atoms with E-state index < -0.39 is 0 Å². The molecule has 1 fully saturated rings. The van der Waals surface area contributed by atoms with E-state index in [2.05, 4.69) is 46.9 Å². The van der Waals surface area contributed by atoms with Crippen LogP contribution in [0.15, 0.2) is 0 Å². The van der Waals surface area contributed by atoms with E-state index in [0.717, 1.165) is 64.2 Å². The van der Waals surface area contributed by atoms with Gasteiger partial charge in [-0.1, -0.05) is 225 Å². The molecule has 442 valence electrons. The highest BCUT2D eigenvalue weighted by molar-refractivity contribution is 5.82. The van der Waals surface area contributed by atoms with Gasteiger partial charge in [0.05, 0.1) is 59.0 Å². The number of hydrogen-bond acceptors (Lipinski definition) is 12. The lowest BCUT2D eigenvalue weighted by molar-refractivity contribution is -0.744. The van der Waals surface area contributed by atoms with Crippen molar-refractivity contribution in [3.8, 4) is 0 Å². The lowest BCUT2D eigenvalue weighted by atomic mass is 10.1. The summed E-state index contributed by atoms with van der Waals surface area (Å²) >= 11 is 0. The van der Waals surface area contributed by atoms with Gasteiger partial charge in [0.15, 0.2) is 0 Å². The second-order valence-corrected chi connectivity index (χ2v) is 19.1. The summed E-state index contributed by atoms with van der Waals surface area (Å²) < 4.78 is 25.7. The molecule has 2 N–H and O–H groups in total. The van der Waals surface area contributed by atoms with Crippen LogP contribution >= 0.6 is 0 Å². The number of nitrogens with two attached hydrogens (primary N) is 1. The van der Waals surface area contributed by atoms with Crippen molar-refractivity contribution in [3.63, 3.8) is 0 Å². The summed E-state index contributed by atoms with van der Waals surface area (Å²) in [4.78, 5) is 70.6. The predicted molar refractivity (Wildman–Crippen MR) is 307 cm³/mol. The zero-order valence-electron chi connectivity index (χ0n) is 51.0. The van der Waals surface area contributed by atoms with Gasteiger partial charge in [-0.05, 0) is 38.0 Å². The van der Waals surface area contributed by atoms with Crippen LogP contribution in [0, 0.1) is 5.92 Å². The molecule has 0 saturated carbocycles. The predicted octanol–water partition coefficient (Wildman–Crippen LogP) is 14.4. The van der Waals surface area contributed by atoms with Gasteiger partial charge < -0.3 is 29.0 Å². The van der Waals surface area contributed by atoms with Gasteiger partial charge in [0, 0.05) is 25.7 Å². The minimum atomic E-state index is -0.387.